The largest absolute Gasteiger partial charge is 0.389 e. The second kappa shape index (κ2) is 7.41. The van der Waals surface area contributed by atoms with E-state index in [0.717, 1.165) is 25.2 Å². The van der Waals surface area contributed by atoms with Crippen molar-refractivity contribution < 1.29 is 0 Å². The van der Waals surface area contributed by atoms with E-state index >= 15 is 0 Å². The molecule has 0 amide bonds. The van der Waals surface area contributed by atoms with Crippen LogP contribution in [0.2, 0.25) is 0 Å². The highest BCUT2D eigenvalue weighted by Gasteiger charge is 2.08. The van der Waals surface area contributed by atoms with E-state index in [0.29, 0.717) is 4.99 Å². The zero-order chi connectivity index (χ0) is 12.7. The third-order valence-electron chi connectivity index (χ3n) is 2.95. The van der Waals surface area contributed by atoms with Crippen LogP contribution in [0.25, 0.3) is 0 Å². The van der Waals surface area contributed by atoms with E-state index in [1.54, 1.807) is 0 Å². The first kappa shape index (κ1) is 14.1. The fourth-order valence-corrected chi connectivity index (χ4v) is 2.07. The predicted octanol–water partition coefficient (Wildman–Crippen LogP) is 2.94. The minimum absolute atomic E-state index is 0.493. The molecule has 1 aromatic carbocycles. The van der Waals surface area contributed by atoms with Gasteiger partial charge in [-0.3, -0.25) is 4.90 Å². The molecule has 0 spiro atoms. The van der Waals surface area contributed by atoms with Crippen LogP contribution in [0.3, 0.4) is 0 Å². The normalized spacial score (nSPS) is 10.8. The van der Waals surface area contributed by atoms with Gasteiger partial charge in [0.2, 0.25) is 0 Å². The number of nitrogens with two attached hydrogens (primary N) is 1. The second-order valence-electron chi connectivity index (χ2n) is 4.24. The quantitative estimate of drug-likeness (QED) is 0.754. The highest BCUT2D eigenvalue weighted by atomic mass is 32.1. The van der Waals surface area contributed by atoms with Crippen LogP contribution in [0.15, 0.2) is 24.3 Å². The fourth-order valence-electron chi connectivity index (χ4n) is 1.87. The Labute approximate surface area is 110 Å². The first-order chi connectivity index (χ1) is 8.19. The molecule has 0 unspecified atom stereocenters. The summed E-state index contributed by atoms with van der Waals surface area (Å²) >= 11 is 5.09. The molecule has 17 heavy (non-hydrogen) atoms. The lowest BCUT2D eigenvalue weighted by Gasteiger charge is -2.21. The molecule has 2 N–H and O–H groups in total. The Balaban J connectivity index is 2.75. The first-order valence-electron chi connectivity index (χ1n) is 6.29. The molecule has 1 rings (SSSR count). The Morgan fingerprint density at radius 3 is 2.59 bits per heavy atom. The van der Waals surface area contributed by atoms with Crippen LogP contribution < -0.4 is 5.73 Å². The van der Waals surface area contributed by atoms with Crippen molar-refractivity contribution in [2.75, 3.05) is 13.1 Å². The van der Waals surface area contributed by atoms with E-state index in [2.05, 4.69) is 24.8 Å². The molecule has 0 saturated heterocycles. The monoisotopic (exact) mass is 250 g/mol. The SMILES string of the molecule is CCCCN(CC)Cc1ccccc1C(N)=S. The smallest absolute Gasteiger partial charge is 0.104 e. The molecule has 0 atom stereocenters. The maximum absolute atomic E-state index is 5.74. The Morgan fingerprint density at radius 1 is 1.29 bits per heavy atom. The van der Waals surface area contributed by atoms with Crippen LogP contribution in [0.5, 0.6) is 0 Å². The highest BCUT2D eigenvalue weighted by molar-refractivity contribution is 7.80. The average Bonchev–Trinajstić information content (AvgIpc) is 2.34. The molecule has 0 aromatic heterocycles. The summed E-state index contributed by atoms with van der Waals surface area (Å²) in [6.45, 7) is 7.55. The van der Waals surface area contributed by atoms with Crippen molar-refractivity contribution in [2.24, 2.45) is 5.73 Å². The average molecular weight is 250 g/mol. The molecule has 0 aliphatic heterocycles. The van der Waals surface area contributed by atoms with Crippen LogP contribution in [-0.2, 0) is 6.54 Å². The predicted molar refractivity (Wildman–Crippen MR) is 78.2 cm³/mol. The van der Waals surface area contributed by atoms with Crippen LogP contribution in [0.1, 0.15) is 37.8 Å². The summed E-state index contributed by atoms with van der Waals surface area (Å²) in [5.41, 5.74) is 7.99. The van der Waals surface area contributed by atoms with Crippen molar-refractivity contribution in [3.63, 3.8) is 0 Å². The molecule has 0 saturated carbocycles. The summed E-state index contributed by atoms with van der Waals surface area (Å²) in [6.07, 6.45) is 2.47. The van der Waals surface area contributed by atoms with Crippen LogP contribution in [-0.4, -0.2) is 23.0 Å². The summed E-state index contributed by atoms with van der Waals surface area (Å²) in [6, 6.07) is 8.15. The molecule has 0 aliphatic rings. The lowest BCUT2D eigenvalue weighted by Crippen LogP contribution is -2.25. The van der Waals surface area contributed by atoms with Gasteiger partial charge in [0, 0.05) is 12.1 Å². The van der Waals surface area contributed by atoms with Gasteiger partial charge < -0.3 is 5.73 Å². The van der Waals surface area contributed by atoms with Crippen molar-refractivity contribution >= 4 is 17.2 Å². The van der Waals surface area contributed by atoms with Crippen LogP contribution in [0.4, 0.5) is 0 Å². The lowest BCUT2D eigenvalue weighted by molar-refractivity contribution is 0.275. The number of rotatable bonds is 7. The van der Waals surface area contributed by atoms with Gasteiger partial charge in [0.15, 0.2) is 0 Å². The number of thiocarbonyl (C=S) groups is 1. The molecular formula is C14H22N2S. The van der Waals surface area contributed by atoms with Gasteiger partial charge >= 0.3 is 0 Å². The molecule has 0 fully saturated rings. The van der Waals surface area contributed by atoms with E-state index < -0.39 is 0 Å². The Bertz CT molecular complexity index is 363. The van der Waals surface area contributed by atoms with Crippen molar-refractivity contribution in [1.82, 2.24) is 4.90 Å². The van der Waals surface area contributed by atoms with Gasteiger partial charge in [-0.2, -0.15) is 0 Å². The summed E-state index contributed by atoms with van der Waals surface area (Å²) in [5, 5.41) is 0. The zero-order valence-corrected chi connectivity index (χ0v) is 11.6. The highest BCUT2D eigenvalue weighted by Crippen LogP contribution is 2.12. The van der Waals surface area contributed by atoms with E-state index in [-0.39, 0.29) is 0 Å². The number of unbranched alkanes of at least 4 members (excludes halogenated alkanes) is 1. The Hall–Kier alpha value is -0.930. The topological polar surface area (TPSA) is 29.3 Å². The molecule has 0 bridgehead atoms. The lowest BCUT2D eigenvalue weighted by atomic mass is 10.1. The van der Waals surface area contributed by atoms with E-state index in [4.69, 9.17) is 18.0 Å². The fraction of sp³-hybridized carbons (Fsp3) is 0.500. The molecule has 1 aromatic rings. The standard InChI is InChI=1S/C14H22N2S/c1-3-5-10-16(4-2)11-12-8-6-7-9-13(12)14(15)17/h6-9H,3-5,10-11H2,1-2H3,(H2,15,17). The minimum Gasteiger partial charge on any atom is -0.389 e. The van der Waals surface area contributed by atoms with Gasteiger partial charge in [0.05, 0.1) is 0 Å². The summed E-state index contributed by atoms with van der Waals surface area (Å²) in [4.78, 5) is 2.92. The van der Waals surface area contributed by atoms with Crippen molar-refractivity contribution in [2.45, 2.75) is 33.2 Å². The number of nitrogens with zero attached hydrogens (tertiary/aromatic N) is 1. The first-order valence-corrected chi connectivity index (χ1v) is 6.69. The van der Waals surface area contributed by atoms with Crippen molar-refractivity contribution in [1.29, 1.82) is 0 Å². The van der Waals surface area contributed by atoms with Crippen LogP contribution in [0, 0.1) is 0 Å². The molecule has 2 nitrogen and oxygen atoms in total. The van der Waals surface area contributed by atoms with Crippen LogP contribution >= 0.6 is 12.2 Å². The third-order valence-corrected chi connectivity index (χ3v) is 3.17. The maximum atomic E-state index is 5.74. The van der Waals surface area contributed by atoms with Gasteiger partial charge in [-0.1, -0.05) is 56.8 Å². The van der Waals surface area contributed by atoms with Gasteiger partial charge in [0.1, 0.15) is 4.99 Å². The summed E-state index contributed by atoms with van der Waals surface area (Å²) < 4.78 is 0. The second-order valence-corrected chi connectivity index (χ2v) is 4.68. The number of benzene rings is 1. The summed E-state index contributed by atoms with van der Waals surface area (Å²) in [5.74, 6) is 0. The van der Waals surface area contributed by atoms with E-state index in [1.807, 2.05) is 18.2 Å². The van der Waals surface area contributed by atoms with Gasteiger partial charge in [0.25, 0.3) is 0 Å². The third kappa shape index (κ3) is 4.44. The van der Waals surface area contributed by atoms with Gasteiger partial charge in [-0.15, -0.1) is 0 Å². The summed E-state index contributed by atoms with van der Waals surface area (Å²) in [7, 11) is 0. The Kier molecular flexibility index (Phi) is 6.16. The zero-order valence-electron chi connectivity index (χ0n) is 10.8. The molecule has 0 aliphatic carbocycles. The van der Waals surface area contributed by atoms with Crippen molar-refractivity contribution in [3.8, 4) is 0 Å². The Morgan fingerprint density at radius 2 is 2.00 bits per heavy atom. The minimum atomic E-state index is 0.493. The maximum Gasteiger partial charge on any atom is 0.104 e. The van der Waals surface area contributed by atoms with Gasteiger partial charge in [-0.25, -0.2) is 0 Å². The molecule has 3 heteroatoms. The van der Waals surface area contributed by atoms with Crippen molar-refractivity contribution in [3.05, 3.63) is 35.4 Å². The molecule has 0 radical (unpaired) electrons. The molecule has 0 heterocycles. The van der Waals surface area contributed by atoms with E-state index in [1.165, 1.54) is 18.4 Å². The molecular weight excluding hydrogens is 228 g/mol. The number of hydrogen-bond acceptors (Lipinski definition) is 2. The number of hydrogen-bond donors (Lipinski definition) is 1. The van der Waals surface area contributed by atoms with Gasteiger partial charge in [-0.05, 0) is 25.1 Å². The van der Waals surface area contributed by atoms with E-state index in [9.17, 15) is 0 Å². The molecule has 94 valence electrons.